The molecule has 1 aliphatic carbocycles. The van der Waals surface area contributed by atoms with Crippen molar-refractivity contribution in [1.29, 1.82) is 0 Å². The van der Waals surface area contributed by atoms with Crippen LogP contribution in [0.3, 0.4) is 0 Å². The lowest BCUT2D eigenvalue weighted by atomic mass is 10.0. The summed E-state index contributed by atoms with van der Waals surface area (Å²) in [4.78, 5) is 3.84. The average Bonchev–Trinajstić information content (AvgIpc) is 2.64. The Morgan fingerprint density at radius 1 is 1.50 bits per heavy atom. The molecule has 0 amide bonds. The van der Waals surface area contributed by atoms with E-state index in [-0.39, 0.29) is 10.8 Å². The maximum Gasteiger partial charge on any atom is 0.166 e. The van der Waals surface area contributed by atoms with Gasteiger partial charge in [0.15, 0.2) is 11.6 Å². The molecule has 2 N–H and O–H groups in total. The minimum Gasteiger partial charge on any atom is -0.388 e. The zero-order chi connectivity index (χ0) is 11.6. The third-order valence-corrected chi connectivity index (χ3v) is 3.13. The summed E-state index contributed by atoms with van der Waals surface area (Å²) in [5, 5.41) is 13.2. The molecule has 1 aromatic heterocycles. The van der Waals surface area contributed by atoms with Crippen LogP contribution in [0.25, 0.3) is 0 Å². The van der Waals surface area contributed by atoms with Crippen LogP contribution in [0.1, 0.15) is 25.7 Å². The molecule has 0 aliphatic heterocycles. The molecule has 16 heavy (non-hydrogen) atoms. The van der Waals surface area contributed by atoms with Crippen molar-refractivity contribution in [3.05, 3.63) is 23.1 Å². The maximum atomic E-state index is 13.4. The number of nitrogens with zero attached hydrogens (tertiary/aromatic N) is 1. The average molecular weight is 245 g/mol. The maximum absolute atomic E-state index is 13.4. The van der Waals surface area contributed by atoms with Crippen molar-refractivity contribution in [1.82, 2.24) is 4.98 Å². The summed E-state index contributed by atoms with van der Waals surface area (Å²) in [5.41, 5.74) is -0.715. The van der Waals surface area contributed by atoms with Crippen molar-refractivity contribution in [2.24, 2.45) is 0 Å². The standard InChI is InChI=1S/C11H14ClFN2O/c12-8-5-9(13)10(14-6-8)15-7-11(16)3-1-2-4-11/h5-6,16H,1-4,7H2,(H,14,15). The quantitative estimate of drug-likeness (QED) is 0.859. The van der Waals surface area contributed by atoms with Gasteiger partial charge in [0.1, 0.15) is 0 Å². The van der Waals surface area contributed by atoms with Gasteiger partial charge in [0.25, 0.3) is 0 Å². The van der Waals surface area contributed by atoms with Crippen LogP contribution in [0.5, 0.6) is 0 Å². The van der Waals surface area contributed by atoms with Crippen LogP contribution in [-0.4, -0.2) is 22.2 Å². The topological polar surface area (TPSA) is 45.1 Å². The van der Waals surface area contributed by atoms with E-state index >= 15 is 0 Å². The van der Waals surface area contributed by atoms with E-state index in [9.17, 15) is 9.50 Å². The molecule has 1 heterocycles. The zero-order valence-electron chi connectivity index (χ0n) is 8.84. The smallest absolute Gasteiger partial charge is 0.166 e. The Morgan fingerprint density at radius 2 is 2.19 bits per heavy atom. The summed E-state index contributed by atoms with van der Waals surface area (Å²) >= 11 is 5.59. The molecule has 1 fully saturated rings. The molecule has 88 valence electrons. The summed E-state index contributed by atoms with van der Waals surface area (Å²) in [6.45, 7) is 0.332. The lowest BCUT2D eigenvalue weighted by Crippen LogP contribution is -2.33. The second-order valence-electron chi connectivity index (χ2n) is 4.27. The molecule has 0 bridgehead atoms. The predicted octanol–water partition coefficient (Wildman–Crippen LogP) is 2.59. The van der Waals surface area contributed by atoms with Crippen LogP contribution < -0.4 is 5.32 Å². The van der Waals surface area contributed by atoms with Crippen LogP contribution in [0.15, 0.2) is 12.3 Å². The largest absolute Gasteiger partial charge is 0.388 e. The lowest BCUT2D eigenvalue weighted by molar-refractivity contribution is 0.0613. The van der Waals surface area contributed by atoms with E-state index in [1.165, 1.54) is 12.3 Å². The van der Waals surface area contributed by atoms with Gasteiger partial charge in [0.2, 0.25) is 0 Å². The number of halogens is 2. The van der Waals surface area contributed by atoms with E-state index in [0.717, 1.165) is 25.7 Å². The van der Waals surface area contributed by atoms with E-state index in [1.807, 2.05) is 0 Å². The van der Waals surface area contributed by atoms with Gasteiger partial charge in [-0.1, -0.05) is 24.4 Å². The van der Waals surface area contributed by atoms with Gasteiger partial charge in [0.05, 0.1) is 10.6 Å². The number of rotatable bonds is 3. The SMILES string of the molecule is OC1(CNc2ncc(Cl)cc2F)CCCC1. The van der Waals surface area contributed by atoms with Crippen molar-refractivity contribution < 1.29 is 9.50 Å². The summed E-state index contributed by atoms with van der Waals surface area (Å²) in [6.07, 6.45) is 4.94. The lowest BCUT2D eigenvalue weighted by Gasteiger charge is -2.22. The molecule has 0 unspecified atom stereocenters. The predicted molar refractivity (Wildman–Crippen MR) is 61.1 cm³/mol. The Kier molecular flexibility index (Phi) is 3.30. The zero-order valence-corrected chi connectivity index (χ0v) is 9.60. The van der Waals surface area contributed by atoms with Gasteiger partial charge in [-0.15, -0.1) is 0 Å². The Labute approximate surface area is 98.6 Å². The molecule has 5 heteroatoms. The second-order valence-corrected chi connectivity index (χ2v) is 4.71. The van der Waals surface area contributed by atoms with Crippen LogP contribution in [0, 0.1) is 5.82 Å². The number of anilines is 1. The Balaban J connectivity index is 1.99. The number of aromatic nitrogens is 1. The monoisotopic (exact) mass is 244 g/mol. The van der Waals surface area contributed by atoms with E-state index in [1.54, 1.807) is 0 Å². The highest BCUT2D eigenvalue weighted by Gasteiger charge is 2.30. The van der Waals surface area contributed by atoms with Crippen molar-refractivity contribution in [3.63, 3.8) is 0 Å². The highest BCUT2D eigenvalue weighted by molar-refractivity contribution is 6.30. The summed E-state index contributed by atoms with van der Waals surface area (Å²) < 4.78 is 13.4. The molecule has 1 saturated carbocycles. The minimum absolute atomic E-state index is 0.143. The molecule has 3 nitrogen and oxygen atoms in total. The molecule has 1 aromatic rings. The molecule has 0 radical (unpaired) electrons. The molecule has 0 atom stereocenters. The first kappa shape index (κ1) is 11.6. The summed E-state index contributed by atoms with van der Waals surface area (Å²) in [5.74, 6) is -0.348. The summed E-state index contributed by atoms with van der Waals surface area (Å²) in [6, 6.07) is 1.20. The molecular weight excluding hydrogens is 231 g/mol. The first-order chi connectivity index (χ1) is 7.59. The van der Waals surface area contributed by atoms with Crippen molar-refractivity contribution >= 4 is 17.4 Å². The van der Waals surface area contributed by atoms with Crippen LogP contribution in [0.2, 0.25) is 5.02 Å². The number of nitrogens with one attached hydrogen (secondary N) is 1. The van der Waals surface area contributed by atoms with Crippen LogP contribution in [0.4, 0.5) is 10.2 Å². The van der Waals surface area contributed by atoms with E-state index in [2.05, 4.69) is 10.3 Å². The Bertz CT molecular complexity index is 380. The first-order valence-electron chi connectivity index (χ1n) is 5.36. The molecule has 0 saturated heterocycles. The third-order valence-electron chi connectivity index (χ3n) is 2.93. The third kappa shape index (κ3) is 2.62. The van der Waals surface area contributed by atoms with Crippen molar-refractivity contribution in [2.45, 2.75) is 31.3 Å². The highest BCUT2D eigenvalue weighted by atomic mass is 35.5. The second kappa shape index (κ2) is 4.55. The van der Waals surface area contributed by atoms with Gasteiger partial charge in [-0.2, -0.15) is 0 Å². The molecular formula is C11H14ClFN2O. The van der Waals surface area contributed by atoms with Crippen molar-refractivity contribution in [3.8, 4) is 0 Å². The Hall–Kier alpha value is -0.870. The van der Waals surface area contributed by atoms with Gasteiger partial charge in [-0.3, -0.25) is 0 Å². The molecule has 1 aliphatic rings. The molecule has 2 rings (SSSR count). The van der Waals surface area contributed by atoms with Gasteiger partial charge in [0, 0.05) is 12.7 Å². The number of hydrogen-bond acceptors (Lipinski definition) is 3. The highest BCUT2D eigenvalue weighted by Crippen LogP contribution is 2.29. The van der Waals surface area contributed by atoms with Gasteiger partial charge in [-0.25, -0.2) is 9.37 Å². The number of pyridine rings is 1. The molecule has 0 aromatic carbocycles. The normalized spacial score (nSPS) is 18.7. The fraction of sp³-hybridized carbons (Fsp3) is 0.545. The number of hydrogen-bond donors (Lipinski definition) is 2. The number of aliphatic hydroxyl groups is 1. The first-order valence-corrected chi connectivity index (χ1v) is 5.74. The van der Waals surface area contributed by atoms with Gasteiger partial charge < -0.3 is 10.4 Å². The molecule has 0 spiro atoms. The fourth-order valence-corrected chi connectivity index (χ4v) is 2.15. The minimum atomic E-state index is -0.715. The van der Waals surface area contributed by atoms with E-state index < -0.39 is 11.4 Å². The Morgan fingerprint density at radius 3 is 2.81 bits per heavy atom. The fourth-order valence-electron chi connectivity index (χ4n) is 2.00. The van der Waals surface area contributed by atoms with Gasteiger partial charge in [-0.05, 0) is 18.9 Å². The van der Waals surface area contributed by atoms with E-state index in [4.69, 9.17) is 11.6 Å². The van der Waals surface area contributed by atoms with E-state index in [0.29, 0.717) is 6.54 Å². The summed E-state index contributed by atoms with van der Waals surface area (Å²) in [7, 11) is 0. The van der Waals surface area contributed by atoms with Gasteiger partial charge >= 0.3 is 0 Å². The van der Waals surface area contributed by atoms with Crippen LogP contribution >= 0.6 is 11.6 Å². The van der Waals surface area contributed by atoms with Crippen molar-refractivity contribution in [2.75, 3.05) is 11.9 Å². The van der Waals surface area contributed by atoms with Crippen LogP contribution in [-0.2, 0) is 0 Å².